The summed E-state index contributed by atoms with van der Waals surface area (Å²) in [5, 5.41) is 15.4. The lowest BCUT2D eigenvalue weighted by Gasteiger charge is -2.21. The monoisotopic (exact) mass is 371 g/mol. The summed E-state index contributed by atoms with van der Waals surface area (Å²) in [4.78, 5) is 27.9. The van der Waals surface area contributed by atoms with Crippen LogP contribution in [0.2, 0.25) is 0 Å². The molecule has 0 aliphatic heterocycles. The molecule has 0 bridgehead atoms. The molecule has 1 N–H and O–H groups in total. The van der Waals surface area contributed by atoms with E-state index >= 15 is 0 Å². The molecule has 2 aromatic heterocycles. The lowest BCUT2D eigenvalue weighted by molar-refractivity contribution is -0.117. The van der Waals surface area contributed by atoms with Gasteiger partial charge in [0.05, 0.1) is 17.6 Å². The van der Waals surface area contributed by atoms with E-state index < -0.39 is 17.4 Å². The molecule has 9 heteroatoms. The highest BCUT2D eigenvalue weighted by Crippen LogP contribution is 2.35. The maximum absolute atomic E-state index is 13.3. The SMILES string of the molecule is N#Cc1ccc(NC(=O)Cn2nc(C3=CCC(F)(F)CC3)ccc2=O)cn1. The van der Waals surface area contributed by atoms with E-state index in [-0.39, 0.29) is 31.5 Å². The van der Waals surface area contributed by atoms with Crippen LogP contribution >= 0.6 is 0 Å². The molecule has 1 aliphatic rings. The Labute approximate surface area is 153 Å². The predicted molar refractivity (Wildman–Crippen MR) is 92.9 cm³/mol. The number of alkyl halides is 2. The molecule has 1 aliphatic carbocycles. The van der Waals surface area contributed by atoms with Gasteiger partial charge in [0.15, 0.2) is 0 Å². The van der Waals surface area contributed by atoms with Crippen molar-refractivity contribution in [2.45, 2.75) is 31.7 Å². The van der Waals surface area contributed by atoms with Crippen LogP contribution in [0.5, 0.6) is 0 Å². The molecule has 0 unspecified atom stereocenters. The zero-order chi connectivity index (χ0) is 19.4. The highest BCUT2D eigenvalue weighted by atomic mass is 19.3. The Kier molecular flexibility index (Phi) is 5.07. The van der Waals surface area contributed by atoms with Crippen LogP contribution in [0.3, 0.4) is 0 Å². The molecule has 2 heterocycles. The van der Waals surface area contributed by atoms with Crippen molar-refractivity contribution in [2.24, 2.45) is 0 Å². The normalized spacial score (nSPS) is 15.5. The van der Waals surface area contributed by atoms with Gasteiger partial charge in [-0.15, -0.1) is 0 Å². The maximum atomic E-state index is 13.3. The summed E-state index contributed by atoms with van der Waals surface area (Å²) in [6, 6.07) is 7.56. The number of carbonyl (C=O) groups is 1. The lowest BCUT2D eigenvalue weighted by atomic mass is 9.94. The molecule has 7 nitrogen and oxygen atoms in total. The summed E-state index contributed by atoms with van der Waals surface area (Å²) in [7, 11) is 0. The average Bonchev–Trinajstić information content (AvgIpc) is 2.64. The lowest BCUT2D eigenvalue weighted by Crippen LogP contribution is -2.30. The van der Waals surface area contributed by atoms with E-state index in [0.717, 1.165) is 4.68 Å². The first-order chi connectivity index (χ1) is 12.9. The molecule has 0 spiro atoms. The number of nitrogens with one attached hydrogen (secondary N) is 1. The quantitative estimate of drug-likeness (QED) is 0.889. The van der Waals surface area contributed by atoms with Crippen LogP contribution in [0.25, 0.3) is 5.57 Å². The summed E-state index contributed by atoms with van der Waals surface area (Å²) in [6.07, 6.45) is 2.27. The van der Waals surface area contributed by atoms with Crippen molar-refractivity contribution in [1.29, 1.82) is 5.26 Å². The number of rotatable bonds is 4. The number of hydrogen-bond donors (Lipinski definition) is 1. The van der Waals surface area contributed by atoms with Crippen molar-refractivity contribution in [1.82, 2.24) is 14.8 Å². The molecule has 0 fully saturated rings. The molecular weight excluding hydrogens is 356 g/mol. The fourth-order valence-electron chi connectivity index (χ4n) is 2.63. The van der Waals surface area contributed by atoms with Gasteiger partial charge < -0.3 is 5.32 Å². The van der Waals surface area contributed by atoms with E-state index in [1.807, 2.05) is 6.07 Å². The van der Waals surface area contributed by atoms with E-state index in [4.69, 9.17) is 5.26 Å². The molecule has 2 aromatic rings. The van der Waals surface area contributed by atoms with Crippen LogP contribution < -0.4 is 10.9 Å². The van der Waals surface area contributed by atoms with Crippen LogP contribution in [-0.4, -0.2) is 26.6 Å². The third-order valence-electron chi connectivity index (χ3n) is 4.06. The number of amides is 1. The summed E-state index contributed by atoms with van der Waals surface area (Å²) >= 11 is 0. The molecule has 3 rings (SSSR count). The molecule has 0 radical (unpaired) electrons. The molecule has 1 amide bonds. The number of aromatic nitrogens is 3. The van der Waals surface area contributed by atoms with Crippen molar-refractivity contribution < 1.29 is 13.6 Å². The smallest absolute Gasteiger partial charge is 0.267 e. The second kappa shape index (κ2) is 7.45. The second-order valence-electron chi connectivity index (χ2n) is 6.10. The van der Waals surface area contributed by atoms with Crippen LogP contribution in [0, 0.1) is 11.3 Å². The topological polar surface area (TPSA) is 101 Å². The number of carbonyl (C=O) groups excluding carboxylic acids is 1. The van der Waals surface area contributed by atoms with E-state index in [1.54, 1.807) is 0 Å². The van der Waals surface area contributed by atoms with E-state index in [1.165, 1.54) is 36.5 Å². The van der Waals surface area contributed by atoms with Crippen LogP contribution in [0.1, 0.15) is 30.7 Å². The van der Waals surface area contributed by atoms with Gasteiger partial charge in [0.2, 0.25) is 5.91 Å². The number of nitriles is 1. The number of allylic oxidation sites excluding steroid dienone is 2. The Balaban J connectivity index is 1.73. The standard InChI is InChI=1S/C18H15F2N5O2/c19-18(20)7-5-12(6-8-18)15-3-4-17(27)25(24-15)11-16(26)23-14-2-1-13(9-21)22-10-14/h1-5,10H,6-8,11H2,(H,23,26). The van der Waals surface area contributed by atoms with Crippen molar-refractivity contribution in [2.75, 3.05) is 5.32 Å². The third kappa shape index (κ3) is 4.61. The summed E-state index contributed by atoms with van der Waals surface area (Å²) in [5.74, 6) is -3.22. The zero-order valence-electron chi connectivity index (χ0n) is 14.2. The van der Waals surface area contributed by atoms with Crippen molar-refractivity contribution in [3.05, 3.63) is 58.3 Å². The predicted octanol–water partition coefficient (Wildman–Crippen LogP) is 2.35. The minimum absolute atomic E-state index is 0.154. The third-order valence-corrected chi connectivity index (χ3v) is 4.06. The van der Waals surface area contributed by atoms with Gasteiger partial charge in [-0.2, -0.15) is 10.4 Å². The molecular formula is C18H15F2N5O2. The number of hydrogen-bond acceptors (Lipinski definition) is 5. The Morgan fingerprint density at radius 1 is 1.33 bits per heavy atom. The molecule has 138 valence electrons. The Hall–Kier alpha value is -3.41. The van der Waals surface area contributed by atoms with Gasteiger partial charge in [0, 0.05) is 18.9 Å². The molecule has 0 saturated carbocycles. The summed E-state index contributed by atoms with van der Waals surface area (Å²) in [5.41, 5.74) is 1.14. The van der Waals surface area contributed by atoms with Crippen molar-refractivity contribution >= 4 is 17.2 Å². The van der Waals surface area contributed by atoms with Crippen molar-refractivity contribution in [3.8, 4) is 6.07 Å². The van der Waals surface area contributed by atoms with Crippen LogP contribution in [-0.2, 0) is 11.3 Å². The van der Waals surface area contributed by atoms with Crippen LogP contribution in [0.15, 0.2) is 41.3 Å². The molecule has 0 saturated heterocycles. The van der Waals surface area contributed by atoms with Gasteiger partial charge in [-0.25, -0.2) is 18.4 Å². The van der Waals surface area contributed by atoms with Gasteiger partial charge in [-0.3, -0.25) is 9.59 Å². The summed E-state index contributed by atoms with van der Waals surface area (Å²) in [6.45, 7) is -0.337. The Bertz CT molecular complexity index is 990. The first-order valence-electron chi connectivity index (χ1n) is 8.18. The minimum Gasteiger partial charge on any atom is -0.323 e. The van der Waals surface area contributed by atoms with Gasteiger partial charge >= 0.3 is 0 Å². The van der Waals surface area contributed by atoms with Gasteiger partial charge in [-0.05, 0) is 30.2 Å². The van der Waals surface area contributed by atoms with Gasteiger partial charge in [0.25, 0.3) is 11.5 Å². The van der Waals surface area contributed by atoms with E-state index in [9.17, 15) is 18.4 Å². The van der Waals surface area contributed by atoms with Crippen LogP contribution in [0.4, 0.5) is 14.5 Å². The zero-order valence-corrected chi connectivity index (χ0v) is 14.2. The van der Waals surface area contributed by atoms with Gasteiger partial charge in [-0.1, -0.05) is 6.08 Å². The largest absolute Gasteiger partial charge is 0.323 e. The van der Waals surface area contributed by atoms with Crippen molar-refractivity contribution in [3.63, 3.8) is 0 Å². The fraction of sp³-hybridized carbons (Fsp3) is 0.278. The first-order valence-corrected chi connectivity index (χ1v) is 8.18. The minimum atomic E-state index is -2.72. The average molecular weight is 371 g/mol. The highest BCUT2D eigenvalue weighted by Gasteiger charge is 2.31. The van der Waals surface area contributed by atoms with Gasteiger partial charge in [0.1, 0.15) is 18.3 Å². The Morgan fingerprint density at radius 2 is 2.15 bits per heavy atom. The molecule has 27 heavy (non-hydrogen) atoms. The number of pyridine rings is 1. The maximum Gasteiger partial charge on any atom is 0.267 e. The fourth-order valence-corrected chi connectivity index (χ4v) is 2.63. The van der Waals surface area contributed by atoms with E-state index in [0.29, 0.717) is 17.0 Å². The first kappa shape index (κ1) is 18.4. The number of anilines is 1. The molecule has 0 aromatic carbocycles. The second-order valence-corrected chi connectivity index (χ2v) is 6.10. The summed E-state index contributed by atoms with van der Waals surface area (Å²) < 4.78 is 27.5. The Morgan fingerprint density at radius 3 is 2.78 bits per heavy atom. The highest BCUT2D eigenvalue weighted by molar-refractivity contribution is 5.90. The number of halogens is 2. The number of nitrogens with zero attached hydrogens (tertiary/aromatic N) is 4. The van der Waals surface area contributed by atoms with E-state index in [2.05, 4.69) is 15.4 Å². The molecule has 0 atom stereocenters.